The standard InChI is InChI=1S/C18H12FN5O2/c1-10-13(19)4-5-15(22-10)16-11(3-2-7-20-16)14-6-8-24-17(23-14)12(9-21-24)18(25)26/h2-9H,1H3,(H,25,26). The zero-order chi connectivity index (χ0) is 18.3. The second-order valence-electron chi connectivity index (χ2n) is 5.61. The van der Waals surface area contributed by atoms with Crippen molar-refractivity contribution in [2.45, 2.75) is 6.92 Å². The van der Waals surface area contributed by atoms with Crippen molar-refractivity contribution in [3.63, 3.8) is 0 Å². The number of fused-ring (bicyclic) bond motifs is 1. The van der Waals surface area contributed by atoms with Crippen LogP contribution in [0.5, 0.6) is 0 Å². The first-order valence-corrected chi connectivity index (χ1v) is 7.71. The molecule has 7 nitrogen and oxygen atoms in total. The van der Waals surface area contributed by atoms with E-state index in [2.05, 4.69) is 20.1 Å². The lowest BCUT2D eigenvalue weighted by atomic mass is 10.1. The van der Waals surface area contributed by atoms with Crippen molar-refractivity contribution in [2.75, 3.05) is 0 Å². The zero-order valence-electron chi connectivity index (χ0n) is 13.6. The second-order valence-corrected chi connectivity index (χ2v) is 5.61. The van der Waals surface area contributed by atoms with Crippen molar-refractivity contribution in [3.05, 3.63) is 66.0 Å². The summed E-state index contributed by atoms with van der Waals surface area (Å²) in [5.41, 5.74) is 2.72. The van der Waals surface area contributed by atoms with Gasteiger partial charge in [0, 0.05) is 18.0 Å². The van der Waals surface area contributed by atoms with Crippen LogP contribution >= 0.6 is 0 Å². The zero-order valence-corrected chi connectivity index (χ0v) is 13.6. The normalized spacial score (nSPS) is 11.0. The highest BCUT2D eigenvalue weighted by Gasteiger charge is 2.16. The molecule has 4 heterocycles. The minimum absolute atomic E-state index is 0.00745. The van der Waals surface area contributed by atoms with Crippen LogP contribution < -0.4 is 0 Å². The topological polar surface area (TPSA) is 93.3 Å². The van der Waals surface area contributed by atoms with Gasteiger partial charge in [-0.15, -0.1) is 0 Å². The molecule has 8 heteroatoms. The van der Waals surface area contributed by atoms with E-state index >= 15 is 0 Å². The van der Waals surface area contributed by atoms with E-state index < -0.39 is 11.8 Å². The molecule has 4 rings (SSSR count). The number of pyridine rings is 2. The predicted octanol–water partition coefficient (Wildman–Crippen LogP) is 3.00. The van der Waals surface area contributed by atoms with Crippen LogP contribution in [-0.4, -0.2) is 35.6 Å². The molecule has 0 aliphatic carbocycles. The molecule has 0 bridgehead atoms. The third-order valence-corrected chi connectivity index (χ3v) is 3.95. The number of hydrogen-bond donors (Lipinski definition) is 1. The SMILES string of the molecule is Cc1nc(-c2ncccc2-c2ccn3ncc(C(=O)O)c3n2)ccc1F. The highest BCUT2D eigenvalue weighted by atomic mass is 19.1. The second kappa shape index (κ2) is 5.99. The molecule has 0 aliphatic rings. The van der Waals surface area contributed by atoms with Gasteiger partial charge in [-0.3, -0.25) is 4.98 Å². The third kappa shape index (κ3) is 2.57. The minimum Gasteiger partial charge on any atom is -0.477 e. The Morgan fingerprint density at radius 2 is 2.00 bits per heavy atom. The Bertz CT molecular complexity index is 1160. The number of rotatable bonds is 3. The van der Waals surface area contributed by atoms with E-state index in [1.54, 1.807) is 43.6 Å². The summed E-state index contributed by atoms with van der Waals surface area (Å²) in [5.74, 6) is -1.50. The number of carbonyl (C=O) groups is 1. The lowest BCUT2D eigenvalue weighted by Gasteiger charge is -2.09. The Morgan fingerprint density at radius 3 is 2.77 bits per heavy atom. The number of aromatic carboxylic acids is 1. The van der Waals surface area contributed by atoms with E-state index in [1.807, 2.05) is 0 Å². The maximum Gasteiger partial charge on any atom is 0.341 e. The van der Waals surface area contributed by atoms with Gasteiger partial charge < -0.3 is 5.11 Å². The van der Waals surface area contributed by atoms with E-state index in [9.17, 15) is 14.3 Å². The highest BCUT2D eigenvalue weighted by molar-refractivity contribution is 5.94. The van der Waals surface area contributed by atoms with Crippen LogP contribution in [0, 0.1) is 12.7 Å². The van der Waals surface area contributed by atoms with E-state index in [4.69, 9.17) is 0 Å². The number of carboxylic acid groups (broad SMARTS) is 1. The van der Waals surface area contributed by atoms with Gasteiger partial charge in [0.15, 0.2) is 5.65 Å². The lowest BCUT2D eigenvalue weighted by Crippen LogP contribution is -2.00. The summed E-state index contributed by atoms with van der Waals surface area (Å²) in [6, 6.07) is 8.15. The van der Waals surface area contributed by atoms with Gasteiger partial charge in [0.05, 0.1) is 29.0 Å². The molecule has 128 valence electrons. The van der Waals surface area contributed by atoms with Crippen LogP contribution in [0.1, 0.15) is 16.1 Å². The summed E-state index contributed by atoms with van der Waals surface area (Å²) in [4.78, 5) is 24.4. The highest BCUT2D eigenvalue weighted by Crippen LogP contribution is 2.28. The molecule has 0 saturated carbocycles. The summed E-state index contributed by atoms with van der Waals surface area (Å²) >= 11 is 0. The first kappa shape index (κ1) is 15.8. The Kier molecular flexibility index (Phi) is 3.65. The van der Waals surface area contributed by atoms with Gasteiger partial charge in [-0.25, -0.2) is 23.7 Å². The molecule has 0 amide bonds. The quantitative estimate of drug-likeness (QED) is 0.611. The van der Waals surface area contributed by atoms with E-state index in [1.165, 1.54) is 16.8 Å². The number of halogens is 1. The number of hydrogen-bond acceptors (Lipinski definition) is 5. The maximum absolute atomic E-state index is 13.5. The van der Waals surface area contributed by atoms with E-state index in [0.717, 1.165) is 0 Å². The fraction of sp³-hybridized carbons (Fsp3) is 0.0556. The van der Waals surface area contributed by atoms with E-state index in [0.29, 0.717) is 22.6 Å². The van der Waals surface area contributed by atoms with Gasteiger partial charge in [0.1, 0.15) is 11.4 Å². The Hall–Kier alpha value is -3.68. The van der Waals surface area contributed by atoms with Crippen LogP contribution in [-0.2, 0) is 0 Å². The van der Waals surface area contributed by atoms with Gasteiger partial charge in [-0.1, -0.05) is 0 Å². The molecule has 4 aromatic rings. The van der Waals surface area contributed by atoms with Crippen LogP contribution in [0.15, 0.2) is 48.9 Å². The summed E-state index contributed by atoms with van der Waals surface area (Å²) in [6.45, 7) is 1.58. The third-order valence-electron chi connectivity index (χ3n) is 3.95. The lowest BCUT2D eigenvalue weighted by molar-refractivity contribution is 0.0698. The Balaban J connectivity index is 1.91. The minimum atomic E-state index is -1.10. The fourth-order valence-corrected chi connectivity index (χ4v) is 2.66. The molecule has 0 atom stereocenters. The maximum atomic E-state index is 13.5. The summed E-state index contributed by atoms with van der Waals surface area (Å²) in [7, 11) is 0. The first-order valence-electron chi connectivity index (χ1n) is 7.71. The molecule has 1 N–H and O–H groups in total. The molecule has 0 radical (unpaired) electrons. The average Bonchev–Trinajstić information content (AvgIpc) is 3.07. The van der Waals surface area contributed by atoms with Crippen molar-refractivity contribution in [1.82, 2.24) is 24.6 Å². The number of carboxylic acids is 1. The summed E-state index contributed by atoms with van der Waals surface area (Å²) in [6.07, 6.45) is 4.49. The molecular formula is C18H12FN5O2. The van der Waals surface area contributed by atoms with Crippen molar-refractivity contribution in [2.24, 2.45) is 0 Å². The smallest absolute Gasteiger partial charge is 0.341 e. The summed E-state index contributed by atoms with van der Waals surface area (Å²) in [5, 5.41) is 13.3. The van der Waals surface area contributed by atoms with Crippen molar-refractivity contribution >= 4 is 11.6 Å². The molecule has 26 heavy (non-hydrogen) atoms. The van der Waals surface area contributed by atoms with Gasteiger partial charge in [-0.2, -0.15) is 5.10 Å². The van der Waals surface area contributed by atoms with Crippen molar-refractivity contribution < 1.29 is 14.3 Å². The van der Waals surface area contributed by atoms with Gasteiger partial charge in [0.2, 0.25) is 0 Å². The molecular weight excluding hydrogens is 337 g/mol. The van der Waals surface area contributed by atoms with Gasteiger partial charge in [-0.05, 0) is 37.3 Å². The summed E-state index contributed by atoms with van der Waals surface area (Å²) < 4.78 is 14.9. The fourth-order valence-electron chi connectivity index (χ4n) is 2.66. The number of nitrogens with zero attached hydrogens (tertiary/aromatic N) is 5. The molecule has 0 saturated heterocycles. The van der Waals surface area contributed by atoms with Gasteiger partial charge >= 0.3 is 5.97 Å². The molecule has 0 aliphatic heterocycles. The van der Waals surface area contributed by atoms with Crippen LogP contribution in [0.4, 0.5) is 4.39 Å². The number of aryl methyl sites for hydroxylation is 1. The average molecular weight is 349 g/mol. The monoisotopic (exact) mass is 349 g/mol. The number of aromatic nitrogens is 5. The van der Waals surface area contributed by atoms with Crippen molar-refractivity contribution in [1.29, 1.82) is 0 Å². The molecule has 0 fully saturated rings. The van der Waals surface area contributed by atoms with Crippen LogP contribution in [0.2, 0.25) is 0 Å². The van der Waals surface area contributed by atoms with Crippen LogP contribution in [0.3, 0.4) is 0 Å². The predicted molar refractivity (Wildman–Crippen MR) is 91.1 cm³/mol. The Morgan fingerprint density at radius 1 is 1.15 bits per heavy atom. The van der Waals surface area contributed by atoms with E-state index in [-0.39, 0.29) is 16.9 Å². The first-order chi connectivity index (χ1) is 12.5. The molecule has 0 aromatic carbocycles. The molecule has 4 aromatic heterocycles. The molecule has 0 unspecified atom stereocenters. The van der Waals surface area contributed by atoms with Crippen molar-refractivity contribution in [3.8, 4) is 22.6 Å². The largest absolute Gasteiger partial charge is 0.477 e. The Labute approximate surface area is 146 Å². The van der Waals surface area contributed by atoms with Gasteiger partial charge in [0.25, 0.3) is 0 Å². The van der Waals surface area contributed by atoms with Crippen LogP contribution in [0.25, 0.3) is 28.3 Å². The molecule has 0 spiro atoms.